The summed E-state index contributed by atoms with van der Waals surface area (Å²) in [6.07, 6.45) is 1.88. The SMILES string of the molecule is CCC(N)Cc1cccc(Oc2ccc(I)cc2)c1. The fourth-order valence-corrected chi connectivity index (χ4v) is 2.18. The van der Waals surface area contributed by atoms with Crippen LogP contribution in [0.5, 0.6) is 11.5 Å². The van der Waals surface area contributed by atoms with E-state index in [2.05, 4.69) is 41.6 Å². The van der Waals surface area contributed by atoms with Crippen LogP contribution in [0.1, 0.15) is 18.9 Å². The molecule has 2 aromatic rings. The van der Waals surface area contributed by atoms with Gasteiger partial charge in [0, 0.05) is 9.61 Å². The van der Waals surface area contributed by atoms with Crippen LogP contribution in [0.4, 0.5) is 0 Å². The Morgan fingerprint density at radius 2 is 1.84 bits per heavy atom. The summed E-state index contributed by atoms with van der Waals surface area (Å²) in [7, 11) is 0. The zero-order chi connectivity index (χ0) is 13.7. The Bertz CT molecular complexity index is 525. The average Bonchev–Trinajstić information content (AvgIpc) is 2.42. The Morgan fingerprint density at radius 1 is 1.11 bits per heavy atom. The molecule has 0 aliphatic carbocycles. The molecule has 1 atom stereocenters. The minimum Gasteiger partial charge on any atom is -0.457 e. The van der Waals surface area contributed by atoms with Gasteiger partial charge in [-0.1, -0.05) is 19.1 Å². The maximum Gasteiger partial charge on any atom is 0.127 e. The molecular formula is C16H18INO. The van der Waals surface area contributed by atoms with Crippen LogP contribution in [-0.2, 0) is 6.42 Å². The highest BCUT2D eigenvalue weighted by Gasteiger charge is 2.03. The number of benzene rings is 2. The predicted octanol–water partition coefficient (Wildman–Crippen LogP) is 4.36. The summed E-state index contributed by atoms with van der Waals surface area (Å²) in [5.74, 6) is 1.72. The smallest absolute Gasteiger partial charge is 0.127 e. The maximum atomic E-state index is 5.98. The summed E-state index contributed by atoms with van der Waals surface area (Å²) >= 11 is 2.28. The lowest BCUT2D eigenvalue weighted by Gasteiger charge is -2.11. The van der Waals surface area contributed by atoms with Crippen molar-refractivity contribution < 1.29 is 4.74 Å². The number of hydrogen-bond donors (Lipinski definition) is 1. The quantitative estimate of drug-likeness (QED) is 0.797. The van der Waals surface area contributed by atoms with E-state index in [1.165, 1.54) is 9.13 Å². The van der Waals surface area contributed by atoms with Crippen molar-refractivity contribution >= 4 is 22.6 Å². The first-order valence-corrected chi connectivity index (χ1v) is 7.53. The van der Waals surface area contributed by atoms with Gasteiger partial charge in [-0.2, -0.15) is 0 Å². The lowest BCUT2D eigenvalue weighted by Crippen LogP contribution is -2.21. The van der Waals surface area contributed by atoms with Crippen molar-refractivity contribution in [2.45, 2.75) is 25.8 Å². The van der Waals surface area contributed by atoms with Gasteiger partial charge in [0.15, 0.2) is 0 Å². The Hall–Kier alpha value is -1.07. The second kappa shape index (κ2) is 6.91. The lowest BCUT2D eigenvalue weighted by molar-refractivity contribution is 0.481. The zero-order valence-electron chi connectivity index (χ0n) is 11.0. The van der Waals surface area contributed by atoms with Crippen molar-refractivity contribution in [2.75, 3.05) is 0 Å². The number of rotatable bonds is 5. The highest BCUT2D eigenvalue weighted by Crippen LogP contribution is 2.23. The summed E-state index contributed by atoms with van der Waals surface area (Å²) in [4.78, 5) is 0. The van der Waals surface area contributed by atoms with Gasteiger partial charge < -0.3 is 10.5 Å². The molecule has 2 nitrogen and oxygen atoms in total. The van der Waals surface area contributed by atoms with Gasteiger partial charge in [-0.15, -0.1) is 0 Å². The van der Waals surface area contributed by atoms with Crippen LogP contribution in [0.2, 0.25) is 0 Å². The van der Waals surface area contributed by atoms with Crippen molar-refractivity contribution in [1.82, 2.24) is 0 Å². The van der Waals surface area contributed by atoms with E-state index in [1.54, 1.807) is 0 Å². The van der Waals surface area contributed by atoms with Gasteiger partial charge in [-0.3, -0.25) is 0 Å². The highest BCUT2D eigenvalue weighted by atomic mass is 127. The van der Waals surface area contributed by atoms with E-state index in [1.807, 2.05) is 36.4 Å². The molecule has 0 amide bonds. The first-order chi connectivity index (χ1) is 9.17. The van der Waals surface area contributed by atoms with Crippen LogP contribution in [0.3, 0.4) is 0 Å². The molecule has 100 valence electrons. The third-order valence-corrected chi connectivity index (χ3v) is 3.69. The second-order valence-corrected chi connectivity index (χ2v) is 5.82. The summed E-state index contributed by atoms with van der Waals surface area (Å²) in [6, 6.07) is 16.4. The van der Waals surface area contributed by atoms with Crippen molar-refractivity contribution in [2.24, 2.45) is 5.73 Å². The van der Waals surface area contributed by atoms with Gasteiger partial charge in [0.1, 0.15) is 11.5 Å². The van der Waals surface area contributed by atoms with Crippen LogP contribution in [0, 0.1) is 3.57 Å². The van der Waals surface area contributed by atoms with Crippen LogP contribution in [0.15, 0.2) is 48.5 Å². The molecular weight excluding hydrogens is 349 g/mol. The topological polar surface area (TPSA) is 35.2 Å². The molecule has 0 aliphatic heterocycles. The Kier molecular flexibility index (Phi) is 5.22. The molecule has 0 radical (unpaired) electrons. The Morgan fingerprint density at radius 3 is 2.53 bits per heavy atom. The molecule has 0 fully saturated rings. The maximum absolute atomic E-state index is 5.98. The Balaban J connectivity index is 2.08. The van der Waals surface area contributed by atoms with Crippen molar-refractivity contribution in [3.63, 3.8) is 0 Å². The van der Waals surface area contributed by atoms with Gasteiger partial charge in [0.05, 0.1) is 0 Å². The molecule has 0 spiro atoms. The van der Waals surface area contributed by atoms with Crippen molar-refractivity contribution in [3.05, 3.63) is 57.7 Å². The largest absolute Gasteiger partial charge is 0.457 e. The molecule has 19 heavy (non-hydrogen) atoms. The van der Waals surface area contributed by atoms with E-state index in [4.69, 9.17) is 10.5 Å². The summed E-state index contributed by atoms with van der Waals surface area (Å²) in [6.45, 7) is 2.11. The van der Waals surface area contributed by atoms with Crippen molar-refractivity contribution in [3.8, 4) is 11.5 Å². The standard InChI is InChI=1S/C16H18INO/c1-2-14(18)10-12-4-3-5-16(11-12)19-15-8-6-13(17)7-9-15/h3-9,11,14H,2,10,18H2,1H3. The molecule has 0 saturated carbocycles. The highest BCUT2D eigenvalue weighted by molar-refractivity contribution is 14.1. The summed E-state index contributed by atoms with van der Waals surface area (Å²) in [5, 5.41) is 0. The molecule has 0 bridgehead atoms. The van der Waals surface area contributed by atoms with Crippen LogP contribution < -0.4 is 10.5 Å². The van der Waals surface area contributed by atoms with Gasteiger partial charge in [0.2, 0.25) is 0 Å². The molecule has 0 heterocycles. The van der Waals surface area contributed by atoms with E-state index < -0.39 is 0 Å². The van der Waals surface area contributed by atoms with E-state index in [0.717, 1.165) is 24.3 Å². The molecule has 0 saturated heterocycles. The Labute approximate surface area is 128 Å². The number of halogens is 1. The average molecular weight is 367 g/mol. The number of ether oxygens (including phenoxy) is 1. The minimum atomic E-state index is 0.216. The summed E-state index contributed by atoms with van der Waals surface area (Å²) < 4.78 is 7.05. The monoisotopic (exact) mass is 367 g/mol. The molecule has 2 aromatic carbocycles. The lowest BCUT2D eigenvalue weighted by atomic mass is 10.0. The third-order valence-electron chi connectivity index (χ3n) is 2.97. The van der Waals surface area contributed by atoms with Gasteiger partial charge in [-0.05, 0) is 77.4 Å². The van der Waals surface area contributed by atoms with E-state index in [0.29, 0.717) is 0 Å². The van der Waals surface area contributed by atoms with Gasteiger partial charge in [0.25, 0.3) is 0 Å². The number of hydrogen-bond acceptors (Lipinski definition) is 2. The van der Waals surface area contributed by atoms with Crippen LogP contribution in [0.25, 0.3) is 0 Å². The zero-order valence-corrected chi connectivity index (χ0v) is 13.1. The van der Waals surface area contributed by atoms with Crippen LogP contribution in [-0.4, -0.2) is 6.04 Å². The fourth-order valence-electron chi connectivity index (χ4n) is 1.82. The molecule has 0 aliphatic rings. The van der Waals surface area contributed by atoms with E-state index >= 15 is 0 Å². The van der Waals surface area contributed by atoms with Crippen LogP contribution >= 0.6 is 22.6 Å². The molecule has 0 aromatic heterocycles. The number of nitrogens with two attached hydrogens (primary N) is 1. The normalized spacial score (nSPS) is 12.2. The van der Waals surface area contributed by atoms with Gasteiger partial charge >= 0.3 is 0 Å². The third kappa shape index (κ3) is 4.51. The molecule has 2 N–H and O–H groups in total. The first kappa shape index (κ1) is 14.3. The summed E-state index contributed by atoms with van der Waals surface area (Å²) in [5.41, 5.74) is 7.20. The fraction of sp³-hybridized carbons (Fsp3) is 0.250. The first-order valence-electron chi connectivity index (χ1n) is 6.45. The second-order valence-electron chi connectivity index (χ2n) is 4.58. The van der Waals surface area contributed by atoms with E-state index in [9.17, 15) is 0 Å². The van der Waals surface area contributed by atoms with E-state index in [-0.39, 0.29) is 6.04 Å². The van der Waals surface area contributed by atoms with Gasteiger partial charge in [-0.25, -0.2) is 0 Å². The molecule has 3 heteroatoms. The minimum absolute atomic E-state index is 0.216. The molecule has 2 rings (SSSR count). The molecule has 1 unspecified atom stereocenters. The predicted molar refractivity (Wildman–Crippen MR) is 87.6 cm³/mol. The van der Waals surface area contributed by atoms with Crippen molar-refractivity contribution in [1.29, 1.82) is 0 Å².